The highest BCUT2D eigenvalue weighted by Gasteiger charge is 2.20. The van der Waals surface area contributed by atoms with Gasteiger partial charge in [0.2, 0.25) is 5.91 Å². The number of aryl methyl sites for hydroxylation is 1. The number of nitrogens with two attached hydrogens (primary N) is 1. The zero-order valence-electron chi connectivity index (χ0n) is 13.1. The summed E-state index contributed by atoms with van der Waals surface area (Å²) in [5.74, 6) is -0.349. The van der Waals surface area contributed by atoms with E-state index in [1.54, 1.807) is 13.0 Å². The van der Waals surface area contributed by atoms with Crippen LogP contribution in [0.4, 0.5) is 5.00 Å². The number of amides is 1. The van der Waals surface area contributed by atoms with E-state index in [1.165, 1.54) is 11.3 Å². The van der Waals surface area contributed by atoms with Crippen molar-refractivity contribution in [2.24, 2.45) is 11.7 Å². The number of anilines is 1. The minimum absolute atomic E-state index is 0.175. The maximum absolute atomic E-state index is 12.0. The van der Waals surface area contributed by atoms with Crippen LogP contribution in [0.25, 0.3) is 0 Å². The zero-order valence-corrected chi connectivity index (χ0v) is 13.9. The number of thiophene rings is 1. The molecular weight excluding hydrogens is 288 g/mol. The molecule has 0 saturated carbocycles. The zero-order chi connectivity index (χ0) is 16.0. The van der Waals surface area contributed by atoms with E-state index in [9.17, 15) is 9.59 Å². The van der Waals surface area contributed by atoms with Crippen molar-refractivity contribution in [3.8, 4) is 0 Å². The molecular formula is C15H24N2O3S. The van der Waals surface area contributed by atoms with E-state index < -0.39 is 5.97 Å². The van der Waals surface area contributed by atoms with Gasteiger partial charge < -0.3 is 15.8 Å². The summed E-state index contributed by atoms with van der Waals surface area (Å²) in [7, 11) is 0. The predicted molar refractivity (Wildman–Crippen MR) is 85.7 cm³/mol. The monoisotopic (exact) mass is 312 g/mol. The van der Waals surface area contributed by atoms with E-state index in [1.807, 2.05) is 20.8 Å². The van der Waals surface area contributed by atoms with Crippen LogP contribution in [0, 0.1) is 5.92 Å². The lowest BCUT2D eigenvalue weighted by atomic mass is 10.0. The first-order chi connectivity index (χ1) is 9.88. The standard InChI is InChI=1S/C15H24N2O3S/c1-5-10-7-11(15(19)20-6-2)14(21-10)17-13(18)8-12(16)9(3)4/h7,9,12H,5-6,8,16H2,1-4H3,(H,17,18). The Morgan fingerprint density at radius 3 is 2.57 bits per heavy atom. The molecule has 0 aliphatic rings. The molecule has 1 atom stereocenters. The summed E-state index contributed by atoms with van der Waals surface area (Å²) in [5, 5.41) is 3.34. The van der Waals surface area contributed by atoms with E-state index in [0.29, 0.717) is 17.2 Å². The fraction of sp³-hybridized carbons (Fsp3) is 0.600. The van der Waals surface area contributed by atoms with Gasteiger partial charge in [0.05, 0.1) is 12.2 Å². The Morgan fingerprint density at radius 2 is 2.05 bits per heavy atom. The summed E-state index contributed by atoms with van der Waals surface area (Å²) in [6, 6.07) is 1.59. The van der Waals surface area contributed by atoms with Gasteiger partial charge in [-0.2, -0.15) is 0 Å². The third kappa shape index (κ3) is 5.13. The lowest BCUT2D eigenvalue weighted by Crippen LogP contribution is -2.31. The number of carbonyl (C=O) groups is 2. The number of hydrogen-bond donors (Lipinski definition) is 2. The van der Waals surface area contributed by atoms with Crippen molar-refractivity contribution in [3.05, 3.63) is 16.5 Å². The van der Waals surface area contributed by atoms with Crippen LogP contribution in [0.5, 0.6) is 0 Å². The molecule has 1 amide bonds. The number of esters is 1. The quantitative estimate of drug-likeness (QED) is 0.759. The molecule has 0 fully saturated rings. The minimum Gasteiger partial charge on any atom is -0.462 e. The number of nitrogens with one attached hydrogen (secondary N) is 1. The van der Waals surface area contributed by atoms with Gasteiger partial charge in [0.15, 0.2) is 0 Å². The third-order valence-electron chi connectivity index (χ3n) is 3.16. The average molecular weight is 312 g/mol. The first-order valence-electron chi connectivity index (χ1n) is 7.24. The topological polar surface area (TPSA) is 81.4 Å². The van der Waals surface area contributed by atoms with Crippen molar-refractivity contribution in [3.63, 3.8) is 0 Å². The van der Waals surface area contributed by atoms with Crippen LogP contribution in [0.15, 0.2) is 6.07 Å². The van der Waals surface area contributed by atoms with Crippen molar-refractivity contribution >= 4 is 28.2 Å². The number of hydrogen-bond acceptors (Lipinski definition) is 5. The van der Waals surface area contributed by atoms with Crippen LogP contribution in [-0.2, 0) is 16.0 Å². The van der Waals surface area contributed by atoms with Gasteiger partial charge in [0.1, 0.15) is 5.00 Å². The minimum atomic E-state index is -0.406. The molecule has 5 nitrogen and oxygen atoms in total. The fourth-order valence-corrected chi connectivity index (χ4v) is 2.70. The van der Waals surface area contributed by atoms with Crippen LogP contribution in [0.3, 0.4) is 0 Å². The SMILES string of the molecule is CCOC(=O)c1cc(CC)sc1NC(=O)CC(N)C(C)C. The smallest absolute Gasteiger partial charge is 0.341 e. The normalized spacial score (nSPS) is 12.3. The molecule has 0 bridgehead atoms. The Hall–Kier alpha value is -1.40. The maximum atomic E-state index is 12.0. The average Bonchev–Trinajstić information content (AvgIpc) is 2.81. The summed E-state index contributed by atoms with van der Waals surface area (Å²) in [5.41, 5.74) is 6.32. The highest BCUT2D eigenvalue weighted by molar-refractivity contribution is 7.16. The van der Waals surface area contributed by atoms with Gasteiger partial charge in [-0.25, -0.2) is 4.79 Å². The van der Waals surface area contributed by atoms with Gasteiger partial charge in [-0.15, -0.1) is 11.3 Å². The van der Waals surface area contributed by atoms with Crippen molar-refractivity contribution in [2.45, 2.75) is 46.6 Å². The van der Waals surface area contributed by atoms with Crippen LogP contribution >= 0.6 is 11.3 Å². The maximum Gasteiger partial charge on any atom is 0.341 e. The van der Waals surface area contributed by atoms with Gasteiger partial charge in [0.25, 0.3) is 0 Å². The second-order valence-electron chi connectivity index (χ2n) is 5.19. The molecule has 1 unspecified atom stereocenters. The molecule has 6 heteroatoms. The van der Waals surface area contributed by atoms with E-state index in [4.69, 9.17) is 10.5 Å². The summed E-state index contributed by atoms with van der Waals surface area (Å²) in [4.78, 5) is 25.0. The van der Waals surface area contributed by atoms with Crippen LogP contribution in [0.2, 0.25) is 0 Å². The van der Waals surface area contributed by atoms with Gasteiger partial charge in [-0.3, -0.25) is 4.79 Å². The van der Waals surface area contributed by atoms with Crippen molar-refractivity contribution < 1.29 is 14.3 Å². The number of rotatable bonds is 7. The molecule has 1 aromatic rings. The second kappa shape index (κ2) is 8.14. The number of ether oxygens (including phenoxy) is 1. The largest absolute Gasteiger partial charge is 0.462 e. The highest BCUT2D eigenvalue weighted by atomic mass is 32.1. The lowest BCUT2D eigenvalue weighted by Gasteiger charge is -2.14. The van der Waals surface area contributed by atoms with Crippen molar-refractivity contribution in [1.82, 2.24) is 0 Å². The van der Waals surface area contributed by atoms with E-state index in [2.05, 4.69) is 5.32 Å². The van der Waals surface area contributed by atoms with Crippen LogP contribution < -0.4 is 11.1 Å². The predicted octanol–water partition coefficient (Wildman–Crippen LogP) is 2.80. The Bertz CT molecular complexity index is 497. The molecule has 1 rings (SSSR count). The molecule has 0 radical (unpaired) electrons. The van der Waals surface area contributed by atoms with Crippen LogP contribution in [-0.4, -0.2) is 24.5 Å². The Labute approximate surface area is 129 Å². The molecule has 0 aliphatic carbocycles. The summed E-state index contributed by atoms with van der Waals surface area (Å²) < 4.78 is 5.02. The van der Waals surface area contributed by atoms with Crippen molar-refractivity contribution in [2.75, 3.05) is 11.9 Å². The summed E-state index contributed by atoms with van der Waals surface area (Å²) in [6.45, 7) is 8.01. The van der Waals surface area contributed by atoms with Gasteiger partial charge in [-0.05, 0) is 25.3 Å². The molecule has 1 heterocycles. The molecule has 0 saturated heterocycles. The van der Waals surface area contributed by atoms with Gasteiger partial charge in [0, 0.05) is 17.3 Å². The molecule has 118 valence electrons. The lowest BCUT2D eigenvalue weighted by molar-refractivity contribution is -0.116. The molecule has 1 aromatic heterocycles. The van der Waals surface area contributed by atoms with Gasteiger partial charge in [-0.1, -0.05) is 20.8 Å². The summed E-state index contributed by atoms with van der Waals surface area (Å²) >= 11 is 1.40. The Morgan fingerprint density at radius 1 is 1.38 bits per heavy atom. The van der Waals surface area contributed by atoms with Gasteiger partial charge >= 0.3 is 5.97 Å². The first-order valence-corrected chi connectivity index (χ1v) is 8.05. The summed E-state index contributed by atoms with van der Waals surface area (Å²) in [6.07, 6.45) is 1.04. The molecule has 0 aliphatic heterocycles. The van der Waals surface area contributed by atoms with E-state index in [0.717, 1.165) is 11.3 Å². The second-order valence-corrected chi connectivity index (χ2v) is 6.33. The third-order valence-corrected chi connectivity index (χ3v) is 4.35. The Kier molecular flexibility index (Phi) is 6.84. The molecule has 0 spiro atoms. The van der Waals surface area contributed by atoms with E-state index in [-0.39, 0.29) is 24.3 Å². The first kappa shape index (κ1) is 17.7. The molecule has 21 heavy (non-hydrogen) atoms. The number of carbonyl (C=O) groups excluding carboxylic acids is 2. The fourth-order valence-electron chi connectivity index (χ4n) is 1.70. The van der Waals surface area contributed by atoms with Crippen molar-refractivity contribution in [1.29, 1.82) is 0 Å². The molecule has 3 N–H and O–H groups in total. The van der Waals surface area contributed by atoms with Crippen LogP contribution in [0.1, 0.15) is 49.4 Å². The highest BCUT2D eigenvalue weighted by Crippen LogP contribution is 2.29. The van der Waals surface area contributed by atoms with E-state index >= 15 is 0 Å². The Balaban J connectivity index is 2.84. The molecule has 0 aromatic carbocycles.